The summed E-state index contributed by atoms with van der Waals surface area (Å²) in [6.45, 7) is 25.9. The summed E-state index contributed by atoms with van der Waals surface area (Å²) in [5.74, 6) is 0. The summed E-state index contributed by atoms with van der Waals surface area (Å²) in [7, 11) is 0. The first kappa shape index (κ1) is 47.7. The van der Waals surface area contributed by atoms with Crippen LogP contribution in [0, 0.1) is 83.1 Å². The first-order chi connectivity index (χ1) is 22.7. The standard InChI is InChI=1S/4C12H13.2ClH.2Zr/c4*1-8-6-11-9(2)4-5-10(3)12(11)7-8;;;;/h4*4-7H,1-3H3;2*1H;;/q4*-1;;;2*+2/p-2. The molecule has 0 radical (unpaired) electrons. The summed E-state index contributed by atoms with van der Waals surface area (Å²) in [6.07, 6.45) is 0. The molecule has 0 fully saturated rings. The van der Waals surface area contributed by atoms with E-state index in [0.29, 0.717) is 0 Å². The van der Waals surface area contributed by atoms with Gasteiger partial charge < -0.3 is 24.8 Å². The van der Waals surface area contributed by atoms with Crippen LogP contribution in [0.5, 0.6) is 0 Å². The van der Waals surface area contributed by atoms with Crippen molar-refractivity contribution in [1.82, 2.24) is 0 Å². The number of rotatable bonds is 0. The Bertz CT molecular complexity index is 1880. The van der Waals surface area contributed by atoms with E-state index in [9.17, 15) is 0 Å². The van der Waals surface area contributed by atoms with Crippen molar-refractivity contribution in [3.8, 4) is 0 Å². The minimum Gasteiger partial charge on any atom is -1.00 e. The topological polar surface area (TPSA) is 0 Å². The molecule has 0 saturated heterocycles. The predicted octanol–water partition coefficient (Wildman–Crippen LogP) is 7.94. The van der Waals surface area contributed by atoms with Crippen LogP contribution in [0.25, 0.3) is 43.1 Å². The second-order valence-corrected chi connectivity index (χ2v) is 14.2. The molecular weight excluding hydrogens is 830 g/mol. The Morgan fingerprint density at radius 2 is 0.423 bits per heavy atom. The Morgan fingerprint density at radius 1 is 0.269 bits per heavy atom. The van der Waals surface area contributed by atoms with Gasteiger partial charge in [0.25, 0.3) is 0 Å². The van der Waals surface area contributed by atoms with E-state index in [4.69, 9.17) is 0 Å². The summed E-state index contributed by atoms with van der Waals surface area (Å²) in [6, 6.07) is 35.6. The van der Waals surface area contributed by atoms with Crippen LogP contribution in [0.15, 0.2) is 97.1 Å². The molecule has 8 aromatic rings. The van der Waals surface area contributed by atoms with Crippen molar-refractivity contribution in [2.45, 2.75) is 83.1 Å². The van der Waals surface area contributed by atoms with E-state index in [1.54, 1.807) is 0 Å². The molecule has 0 heterocycles. The van der Waals surface area contributed by atoms with Gasteiger partial charge in [-0.05, 0) is 27.7 Å². The fourth-order valence-electron chi connectivity index (χ4n) is 6.94. The average Bonchev–Trinajstić information content (AvgIpc) is 3.83. The van der Waals surface area contributed by atoms with Gasteiger partial charge in [-0.15, -0.1) is 136 Å². The summed E-state index contributed by atoms with van der Waals surface area (Å²) >= 11 is 0. The molecule has 268 valence electrons. The number of fused-ring (bicyclic) bond motifs is 4. The molecule has 0 unspecified atom stereocenters. The zero-order valence-electron chi connectivity index (χ0n) is 33.0. The average molecular weight is 882 g/mol. The fraction of sp³-hybridized carbons (Fsp3) is 0.250. The van der Waals surface area contributed by atoms with Crippen LogP contribution in [0.2, 0.25) is 0 Å². The molecule has 4 heteroatoms. The van der Waals surface area contributed by atoms with Crippen molar-refractivity contribution in [1.29, 1.82) is 0 Å². The molecule has 0 nitrogen and oxygen atoms in total. The second kappa shape index (κ2) is 20.4. The molecular formula is C48H52Cl2Zr2-2. The van der Waals surface area contributed by atoms with E-state index >= 15 is 0 Å². The SMILES string of the molecule is Cc1cc2c(C)ccc(C)c2[cH-]1.Cc1cc2c(C)ccc(C)c2[cH-]1.Cc1cc2c(C)ccc(C)c2[cH-]1.Cc1cc2c(C)ccc(C)c2[cH-]1.[Cl-].[Cl-].[Zr+2].[Zr+2]. The fourth-order valence-corrected chi connectivity index (χ4v) is 6.94. The van der Waals surface area contributed by atoms with Gasteiger partial charge in [0.2, 0.25) is 0 Å². The van der Waals surface area contributed by atoms with Crippen molar-refractivity contribution < 1.29 is 77.2 Å². The molecule has 0 saturated carbocycles. The Balaban J connectivity index is 0.000000338. The Morgan fingerprint density at radius 3 is 0.577 bits per heavy atom. The van der Waals surface area contributed by atoms with E-state index < -0.39 is 0 Å². The van der Waals surface area contributed by atoms with Crippen LogP contribution in [-0.4, -0.2) is 0 Å². The van der Waals surface area contributed by atoms with E-state index in [1.807, 2.05) is 0 Å². The summed E-state index contributed by atoms with van der Waals surface area (Å²) in [5.41, 5.74) is 16.5. The molecule has 0 atom stereocenters. The van der Waals surface area contributed by atoms with E-state index in [0.717, 1.165) is 0 Å². The van der Waals surface area contributed by atoms with Crippen LogP contribution in [0.3, 0.4) is 0 Å². The molecule has 0 aliphatic heterocycles. The maximum Gasteiger partial charge on any atom is 2.00 e. The normalized spacial score (nSPS) is 10.1. The Kier molecular flexibility index (Phi) is 18.7. The van der Waals surface area contributed by atoms with Gasteiger partial charge in [0, 0.05) is 0 Å². The van der Waals surface area contributed by atoms with Gasteiger partial charge in [-0.1, -0.05) is 102 Å². The maximum absolute atomic E-state index is 2.26. The number of aryl methyl sites for hydroxylation is 12. The van der Waals surface area contributed by atoms with Crippen LogP contribution >= 0.6 is 0 Å². The molecule has 0 aliphatic carbocycles. The number of hydrogen-bond donors (Lipinski definition) is 0. The largest absolute Gasteiger partial charge is 2.00 e. The van der Waals surface area contributed by atoms with Gasteiger partial charge >= 0.3 is 52.4 Å². The number of hydrogen-bond acceptors (Lipinski definition) is 0. The monoisotopic (exact) mass is 878 g/mol. The van der Waals surface area contributed by atoms with Gasteiger partial charge in [-0.25, -0.2) is 0 Å². The molecule has 8 rings (SSSR count). The Hall–Kier alpha value is -2.33. The molecule has 0 N–H and O–H groups in total. The number of halogens is 2. The third kappa shape index (κ3) is 10.9. The summed E-state index contributed by atoms with van der Waals surface area (Å²) < 4.78 is 0. The molecule has 0 spiro atoms. The first-order valence-electron chi connectivity index (χ1n) is 17.3. The molecule has 8 aromatic carbocycles. The molecule has 0 bridgehead atoms. The summed E-state index contributed by atoms with van der Waals surface area (Å²) in [5, 5.41) is 11.3. The van der Waals surface area contributed by atoms with Gasteiger partial charge in [0.05, 0.1) is 0 Å². The second-order valence-electron chi connectivity index (χ2n) is 14.2. The van der Waals surface area contributed by atoms with Crippen LogP contribution < -0.4 is 24.8 Å². The smallest absolute Gasteiger partial charge is 1.00 e. The first-order valence-corrected chi connectivity index (χ1v) is 17.3. The molecule has 52 heavy (non-hydrogen) atoms. The Labute approximate surface area is 363 Å². The van der Waals surface area contributed by atoms with Crippen molar-refractivity contribution in [2.75, 3.05) is 0 Å². The van der Waals surface area contributed by atoms with Crippen molar-refractivity contribution >= 4 is 43.1 Å². The molecule has 0 aliphatic rings. The zero-order chi connectivity index (χ0) is 34.9. The van der Waals surface area contributed by atoms with Gasteiger partial charge in [0.15, 0.2) is 0 Å². The van der Waals surface area contributed by atoms with Gasteiger partial charge in [-0.3, -0.25) is 0 Å². The zero-order valence-corrected chi connectivity index (χ0v) is 39.4. The van der Waals surface area contributed by atoms with Crippen molar-refractivity contribution in [2.24, 2.45) is 0 Å². The van der Waals surface area contributed by atoms with E-state index in [-0.39, 0.29) is 77.2 Å². The van der Waals surface area contributed by atoms with Crippen LogP contribution in [0.1, 0.15) is 66.8 Å². The molecule has 0 aromatic heterocycles. The van der Waals surface area contributed by atoms with E-state index in [2.05, 4.69) is 180 Å². The molecule has 0 amide bonds. The van der Waals surface area contributed by atoms with Gasteiger partial charge in [-0.2, -0.15) is 24.3 Å². The van der Waals surface area contributed by atoms with Crippen molar-refractivity contribution in [3.05, 3.63) is 164 Å². The minimum absolute atomic E-state index is 0. The third-order valence-corrected chi connectivity index (χ3v) is 9.87. The minimum atomic E-state index is 0. The predicted molar refractivity (Wildman–Crippen MR) is 215 cm³/mol. The van der Waals surface area contributed by atoms with Gasteiger partial charge in [0.1, 0.15) is 0 Å². The third-order valence-electron chi connectivity index (χ3n) is 9.87. The van der Waals surface area contributed by atoms with E-state index in [1.165, 1.54) is 110 Å². The quantitative estimate of drug-likeness (QED) is 0.136. The maximum atomic E-state index is 2.26. The van der Waals surface area contributed by atoms with Crippen molar-refractivity contribution in [3.63, 3.8) is 0 Å². The summed E-state index contributed by atoms with van der Waals surface area (Å²) in [4.78, 5) is 0. The van der Waals surface area contributed by atoms with Crippen LogP contribution in [0.4, 0.5) is 0 Å². The van der Waals surface area contributed by atoms with Crippen LogP contribution in [-0.2, 0) is 52.4 Å². The number of benzene rings is 4.